The lowest BCUT2D eigenvalue weighted by atomic mass is 9.23. The molecule has 0 aromatic rings. The molecule has 0 aliphatic carbocycles. The van der Waals surface area contributed by atoms with E-state index in [-0.39, 0.29) is 0 Å². The molecule has 245 valence electrons. The molecule has 1 unspecified atom stereocenters. The highest BCUT2D eigenvalue weighted by Crippen LogP contribution is 2.33. The molecule has 3 heteroatoms. The van der Waals surface area contributed by atoms with Gasteiger partial charge in [-0.15, -0.1) is 5.62 Å². The maximum Gasteiger partial charge on any atom is 0.0996 e. The number of rotatable bonds is 35. The summed E-state index contributed by atoms with van der Waals surface area (Å²) in [4.78, 5) is 0. The molecule has 0 nitrogen and oxygen atoms in total. The third-order valence-corrected chi connectivity index (χ3v) is 9.77. The minimum absolute atomic E-state index is 0.610. The van der Waals surface area contributed by atoms with Gasteiger partial charge in [0.1, 0.15) is 0 Å². The molecule has 0 bridgehead atoms. The van der Waals surface area contributed by atoms with Gasteiger partial charge in [0.25, 0.3) is 0 Å². The molecule has 0 aliphatic rings. The van der Waals surface area contributed by atoms with Crippen LogP contribution in [0.3, 0.4) is 0 Å². The minimum atomic E-state index is 0.610. The Hall–Kier alpha value is 0.195. The molecule has 0 N–H and O–H groups in total. The largest absolute Gasteiger partial charge is 0.121 e. The van der Waals surface area contributed by atoms with E-state index in [9.17, 15) is 0 Å². The van der Waals surface area contributed by atoms with Crippen LogP contribution in [-0.2, 0) is 0 Å². The highest BCUT2D eigenvalue weighted by atomic mass is 14.1. The van der Waals surface area contributed by atoms with Crippen molar-refractivity contribution in [2.24, 2.45) is 0 Å². The van der Waals surface area contributed by atoms with Gasteiger partial charge in [0.05, 0.1) is 21.8 Å². The minimum Gasteiger partial charge on any atom is -0.121 e. The van der Waals surface area contributed by atoms with Gasteiger partial charge >= 0.3 is 0 Å². The molecule has 3 radical (unpaired) electrons. The third kappa shape index (κ3) is 28.9. The molecule has 1 atom stereocenters. The summed E-state index contributed by atoms with van der Waals surface area (Å²) in [7, 11) is 8.56. The summed E-state index contributed by atoms with van der Waals surface area (Å²) in [5.74, 6) is 2.37. The molecule has 0 aliphatic heterocycles. The van der Waals surface area contributed by atoms with Crippen LogP contribution >= 0.6 is 0 Å². The Labute approximate surface area is 272 Å². The van der Waals surface area contributed by atoms with Crippen LogP contribution in [0.1, 0.15) is 228 Å². The second-order valence-corrected chi connectivity index (χ2v) is 14.3. The summed E-state index contributed by atoms with van der Waals surface area (Å²) in [6.45, 7) is 14.2. The van der Waals surface area contributed by atoms with E-state index in [1.807, 2.05) is 0 Å². The van der Waals surface area contributed by atoms with E-state index in [2.05, 4.69) is 63.4 Å². The summed E-state index contributed by atoms with van der Waals surface area (Å²) in [5.41, 5.74) is 0.610. The lowest BCUT2D eigenvalue weighted by Gasteiger charge is -2.28. The zero-order chi connectivity index (χ0) is 30.9. The van der Waals surface area contributed by atoms with Crippen LogP contribution in [-0.4, -0.2) is 21.8 Å². The van der Waals surface area contributed by atoms with E-state index in [1.165, 1.54) is 186 Å². The molecule has 0 spiro atoms. The normalized spacial score (nSPS) is 12.5. The second kappa shape index (κ2) is 34.1. The van der Waals surface area contributed by atoms with Gasteiger partial charge in [-0.05, 0) is 0 Å². The molecule has 0 aromatic carbocycles. The van der Waals surface area contributed by atoms with Gasteiger partial charge in [0.2, 0.25) is 0 Å². The smallest absolute Gasteiger partial charge is 0.0996 e. The number of hydrogen-bond donors (Lipinski definition) is 0. The Bertz CT molecular complexity index is 434. The molecule has 0 amide bonds. The fraction of sp³-hybridized carbons (Fsp3) is 1.00. The summed E-state index contributed by atoms with van der Waals surface area (Å²) in [6, 6.07) is 0. The fourth-order valence-electron chi connectivity index (χ4n) is 6.90. The van der Waals surface area contributed by atoms with Crippen molar-refractivity contribution < 1.29 is 0 Å². The van der Waals surface area contributed by atoms with Crippen LogP contribution in [0.15, 0.2) is 0 Å². The van der Waals surface area contributed by atoms with Gasteiger partial charge in [-0.25, -0.2) is 0 Å². The first-order valence-corrected chi connectivity index (χ1v) is 20.2. The molecular weight excluding hydrogens is 501 g/mol. The summed E-state index contributed by atoms with van der Waals surface area (Å²) in [5, 5.41) is 0. The van der Waals surface area contributed by atoms with Crippen LogP contribution in [0.4, 0.5) is 0 Å². The topological polar surface area (TPSA) is 0 Å². The molecule has 0 rings (SSSR count). The van der Waals surface area contributed by atoms with E-state index in [0.29, 0.717) is 5.62 Å². The van der Waals surface area contributed by atoms with Gasteiger partial charge in [-0.2, -0.15) is 0 Å². The molecular formula is C39H80B3. The molecule has 0 heterocycles. The van der Waals surface area contributed by atoms with Crippen LogP contribution in [0.25, 0.3) is 0 Å². The van der Waals surface area contributed by atoms with Crippen molar-refractivity contribution in [2.45, 2.75) is 251 Å². The van der Waals surface area contributed by atoms with Gasteiger partial charge in [0.15, 0.2) is 0 Å². The average Bonchev–Trinajstić information content (AvgIpc) is 2.98. The van der Waals surface area contributed by atoms with Gasteiger partial charge in [0, 0.05) is 0 Å². The van der Waals surface area contributed by atoms with E-state index < -0.39 is 0 Å². The highest BCUT2D eigenvalue weighted by molar-refractivity contribution is 6.77. The Morgan fingerprint density at radius 3 is 0.881 bits per heavy atom. The lowest BCUT2D eigenvalue weighted by Crippen LogP contribution is -2.27. The monoisotopic (exact) mass is 582 g/mol. The summed E-state index contributed by atoms with van der Waals surface area (Å²) in [6.07, 6.45) is 41.1. The first-order chi connectivity index (χ1) is 20.6. The second-order valence-electron chi connectivity index (χ2n) is 14.3. The van der Waals surface area contributed by atoms with E-state index >= 15 is 0 Å². The Morgan fingerprint density at radius 2 is 0.571 bits per heavy atom. The van der Waals surface area contributed by atoms with Crippen molar-refractivity contribution in [3.05, 3.63) is 0 Å². The van der Waals surface area contributed by atoms with Crippen molar-refractivity contribution in [3.63, 3.8) is 0 Å². The zero-order valence-electron chi connectivity index (χ0n) is 30.5. The fourth-order valence-corrected chi connectivity index (χ4v) is 6.90. The van der Waals surface area contributed by atoms with Gasteiger partial charge in [-0.1, -0.05) is 245 Å². The predicted octanol–water partition coefficient (Wildman–Crippen LogP) is 14.6. The maximum atomic E-state index is 2.88. The highest BCUT2D eigenvalue weighted by Gasteiger charge is 2.25. The van der Waals surface area contributed by atoms with Crippen LogP contribution in [0, 0.1) is 0 Å². The van der Waals surface area contributed by atoms with Gasteiger partial charge < -0.3 is 0 Å². The molecule has 0 saturated carbocycles. The summed E-state index contributed by atoms with van der Waals surface area (Å²) >= 11 is 0. The first kappa shape index (κ1) is 42.2. The van der Waals surface area contributed by atoms with E-state index in [4.69, 9.17) is 0 Å². The molecule has 0 fully saturated rings. The predicted molar refractivity (Wildman–Crippen MR) is 200 cm³/mol. The standard InChI is InChI=1S/C39H80B3/c1-7-12-17-22-27-32-37(33-28-23-18-13-8-2)41-39(40-36(6)31-26-21-16-11-5)42-38(34-29-24-19-14-9-3)35-30-25-20-15-10-4/h36-39H,7-35H2,1-6H3. The molecule has 42 heavy (non-hydrogen) atoms. The number of unbranched alkanes of at least 4 members (excludes halogenated alkanes) is 19. The van der Waals surface area contributed by atoms with Crippen LogP contribution < -0.4 is 0 Å². The quantitative estimate of drug-likeness (QED) is 0.0516. The van der Waals surface area contributed by atoms with Crippen molar-refractivity contribution in [1.29, 1.82) is 0 Å². The van der Waals surface area contributed by atoms with Crippen molar-refractivity contribution in [3.8, 4) is 0 Å². The third-order valence-electron chi connectivity index (χ3n) is 9.77. The lowest BCUT2D eigenvalue weighted by molar-refractivity contribution is 0.536. The van der Waals surface area contributed by atoms with Crippen molar-refractivity contribution in [1.82, 2.24) is 0 Å². The van der Waals surface area contributed by atoms with Crippen LogP contribution in [0.2, 0.25) is 23.1 Å². The van der Waals surface area contributed by atoms with Crippen LogP contribution in [0.5, 0.6) is 0 Å². The zero-order valence-corrected chi connectivity index (χ0v) is 30.5. The maximum absolute atomic E-state index is 2.88. The van der Waals surface area contributed by atoms with Gasteiger partial charge in [-0.3, -0.25) is 0 Å². The van der Waals surface area contributed by atoms with E-state index in [0.717, 1.165) is 17.5 Å². The molecule has 0 aromatic heterocycles. The average molecular weight is 582 g/mol. The Balaban J connectivity index is 5.38. The summed E-state index contributed by atoms with van der Waals surface area (Å²) < 4.78 is 0. The SMILES string of the molecule is CCCCCCCC([B]C([B]C(C)CCCCCC)[B]C(CCCCCCC)CCCCCCC)CCCCCCC. The van der Waals surface area contributed by atoms with Crippen molar-refractivity contribution >= 4 is 21.8 Å². The molecule has 0 saturated heterocycles. The van der Waals surface area contributed by atoms with E-state index in [1.54, 1.807) is 0 Å². The Kier molecular flexibility index (Phi) is 34.2. The van der Waals surface area contributed by atoms with Crippen molar-refractivity contribution in [2.75, 3.05) is 0 Å². The number of hydrogen-bond acceptors (Lipinski definition) is 0. The Morgan fingerprint density at radius 1 is 0.310 bits per heavy atom. The first-order valence-electron chi connectivity index (χ1n) is 20.2.